The first-order valence-corrected chi connectivity index (χ1v) is 14.2. The first-order chi connectivity index (χ1) is 18.7. The van der Waals surface area contributed by atoms with Crippen molar-refractivity contribution in [1.82, 2.24) is 9.47 Å². The van der Waals surface area contributed by atoms with Crippen LogP contribution in [0.1, 0.15) is 49.4 Å². The molecule has 0 radical (unpaired) electrons. The van der Waals surface area contributed by atoms with Gasteiger partial charge >= 0.3 is 0 Å². The predicted octanol–water partition coefficient (Wildman–Crippen LogP) is 4.18. The summed E-state index contributed by atoms with van der Waals surface area (Å²) in [4.78, 5) is 31.2. The Morgan fingerprint density at radius 3 is 2.59 bits per heavy atom. The van der Waals surface area contributed by atoms with Crippen molar-refractivity contribution in [2.24, 2.45) is 0 Å². The highest BCUT2D eigenvalue weighted by molar-refractivity contribution is 8.26. The predicted molar refractivity (Wildman–Crippen MR) is 154 cm³/mol. The molecule has 2 saturated heterocycles. The molecule has 5 rings (SSSR count). The lowest BCUT2D eigenvalue weighted by molar-refractivity contribution is -0.122. The minimum absolute atomic E-state index is 0.0392. The minimum atomic E-state index is -0.314. The lowest BCUT2D eigenvalue weighted by Gasteiger charge is -2.39. The number of anilines is 1. The highest BCUT2D eigenvalue weighted by Crippen LogP contribution is 2.38. The van der Waals surface area contributed by atoms with Crippen molar-refractivity contribution in [2.45, 2.75) is 59.4 Å². The average molecular weight is 567 g/mol. The number of thioether (sulfide) groups is 1. The van der Waals surface area contributed by atoms with Crippen molar-refractivity contribution < 1.29 is 19.0 Å². The molecule has 3 aliphatic heterocycles. The molecule has 0 spiro atoms. The molecular formula is C28H30N4O5S2. The Morgan fingerprint density at radius 1 is 1.18 bits per heavy atom. The van der Waals surface area contributed by atoms with Gasteiger partial charge in [-0.05, 0) is 56.5 Å². The van der Waals surface area contributed by atoms with E-state index in [1.807, 2.05) is 39.0 Å². The van der Waals surface area contributed by atoms with Crippen molar-refractivity contribution in [1.29, 1.82) is 5.26 Å². The summed E-state index contributed by atoms with van der Waals surface area (Å²) in [5.41, 5.74) is 1.88. The number of fused-ring (bicyclic) bond motifs is 1. The number of ether oxygens (including phenoxy) is 3. The zero-order valence-corrected chi connectivity index (χ0v) is 24.0. The molecule has 0 bridgehead atoms. The molecule has 0 aliphatic carbocycles. The molecule has 1 aromatic carbocycles. The Bertz CT molecular complexity index is 1470. The number of amides is 1. The monoisotopic (exact) mass is 566 g/mol. The van der Waals surface area contributed by atoms with Gasteiger partial charge in [0.1, 0.15) is 21.8 Å². The Morgan fingerprint density at radius 2 is 1.90 bits per heavy atom. The van der Waals surface area contributed by atoms with E-state index in [4.69, 9.17) is 26.4 Å². The number of hydrogen-bond acceptors (Lipinski definition) is 9. The first kappa shape index (κ1) is 27.2. The number of pyridine rings is 1. The van der Waals surface area contributed by atoms with E-state index in [0.717, 1.165) is 5.56 Å². The second-order valence-corrected chi connectivity index (χ2v) is 11.6. The number of nitrogens with zero attached hydrogens (tertiary/aromatic N) is 4. The van der Waals surface area contributed by atoms with Gasteiger partial charge in [-0.1, -0.05) is 37.0 Å². The van der Waals surface area contributed by atoms with Gasteiger partial charge in [0.15, 0.2) is 11.5 Å². The quantitative estimate of drug-likeness (QED) is 0.377. The molecular weight excluding hydrogens is 536 g/mol. The average Bonchev–Trinajstić information content (AvgIpc) is 3.46. The number of aromatic nitrogens is 1. The second kappa shape index (κ2) is 11.0. The summed E-state index contributed by atoms with van der Waals surface area (Å²) in [5, 5.41) is 9.89. The number of carbonyl (C=O) groups excluding carboxylic acids is 1. The molecule has 39 heavy (non-hydrogen) atoms. The van der Waals surface area contributed by atoms with Crippen LogP contribution in [0, 0.1) is 18.3 Å². The maximum Gasteiger partial charge on any atom is 0.270 e. The normalized spacial score (nSPS) is 21.7. The van der Waals surface area contributed by atoms with Crippen LogP contribution in [0.5, 0.6) is 11.5 Å². The SMILES string of the molecule is CCCn1c(N2CC(C)OC(C)C2)c(/C=C2\SC(=S)N(Cc3ccc4c(c3)OCO4)C2=O)c(C)c(C#N)c1=O. The fourth-order valence-electron chi connectivity index (χ4n) is 5.26. The summed E-state index contributed by atoms with van der Waals surface area (Å²) in [6.07, 6.45) is 2.43. The third-order valence-corrected chi connectivity index (χ3v) is 8.32. The van der Waals surface area contributed by atoms with Gasteiger partial charge in [-0.15, -0.1) is 0 Å². The van der Waals surface area contributed by atoms with E-state index in [1.165, 1.54) is 11.8 Å². The van der Waals surface area contributed by atoms with Gasteiger partial charge in [0.05, 0.1) is 23.7 Å². The van der Waals surface area contributed by atoms with Crippen molar-refractivity contribution in [3.63, 3.8) is 0 Å². The number of thiocarbonyl (C=S) groups is 1. The molecule has 1 amide bonds. The molecule has 2 unspecified atom stereocenters. The zero-order chi connectivity index (χ0) is 27.8. The third-order valence-electron chi connectivity index (χ3n) is 6.94. The van der Waals surface area contributed by atoms with Crippen LogP contribution in [-0.2, 0) is 22.6 Å². The number of morpholine rings is 1. The highest BCUT2D eigenvalue weighted by Gasteiger charge is 2.34. The second-order valence-electron chi connectivity index (χ2n) is 9.92. The minimum Gasteiger partial charge on any atom is -0.454 e. The fourth-order valence-corrected chi connectivity index (χ4v) is 6.49. The molecule has 2 atom stereocenters. The van der Waals surface area contributed by atoms with Gasteiger partial charge < -0.3 is 19.1 Å². The molecule has 3 aliphatic rings. The maximum absolute atomic E-state index is 13.6. The van der Waals surface area contributed by atoms with Crippen LogP contribution in [0.4, 0.5) is 5.82 Å². The Kier molecular flexibility index (Phi) is 7.71. The highest BCUT2D eigenvalue weighted by atomic mass is 32.2. The van der Waals surface area contributed by atoms with Crippen LogP contribution >= 0.6 is 24.0 Å². The van der Waals surface area contributed by atoms with Gasteiger partial charge in [-0.2, -0.15) is 5.26 Å². The maximum atomic E-state index is 13.6. The Balaban J connectivity index is 1.57. The molecule has 11 heteroatoms. The van der Waals surface area contributed by atoms with Crippen LogP contribution < -0.4 is 19.9 Å². The lowest BCUT2D eigenvalue weighted by atomic mass is 10.0. The topological polar surface area (TPSA) is 97.0 Å². The lowest BCUT2D eigenvalue weighted by Crippen LogP contribution is -2.48. The van der Waals surface area contributed by atoms with E-state index in [1.54, 1.807) is 22.5 Å². The summed E-state index contributed by atoms with van der Waals surface area (Å²) in [7, 11) is 0. The molecule has 2 aromatic rings. The van der Waals surface area contributed by atoms with E-state index in [-0.39, 0.29) is 36.0 Å². The summed E-state index contributed by atoms with van der Waals surface area (Å²) in [6.45, 7) is 9.87. The molecule has 0 N–H and O–H groups in total. The van der Waals surface area contributed by atoms with E-state index in [2.05, 4.69) is 11.0 Å². The van der Waals surface area contributed by atoms with Crippen LogP contribution in [0.2, 0.25) is 0 Å². The molecule has 9 nitrogen and oxygen atoms in total. The summed E-state index contributed by atoms with van der Waals surface area (Å²) < 4.78 is 18.9. The standard InChI is InChI=1S/C28H30N4O5S2/c1-5-8-31-25(30-12-16(2)37-17(3)13-30)20(18(4)21(11-29)26(31)33)10-24-27(34)32(28(38)39-24)14-19-6-7-22-23(9-19)36-15-35-22/h6-7,9-10,16-17H,5,8,12-15H2,1-4H3/b24-10-. The Hall–Kier alpha value is -3.33. The summed E-state index contributed by atoms with van der Waals surface area (Å²) in [6, 6.07) is 7.67. The van der Waals surface area contributed by atoms with Crippen LogP contribution in [0.15, 0.2) is 27.9 Å². The third kappa shape index (κ3) is 5.16. The number of nitriles is 1. The van der Waals surface area contributed by atoms with Crippen molar-refractivity contribution in [3.8, 4) is 17.6 Å². The summed E-state index contributed by atoms with van der Waals surface area (Å²) in [5.74, 6) is 1.81. The van der Waals surface area contributed by atoms with Gasteiger partial charge in [-0.3, -0.25) is 19.1 Å². The molecule has 4 heterocycles. The zero-order valence-electron chi connectivity index (χ0n) is 22.4. The smallest absolute Gasteiger partial charge is 0.270 e. The van der Waals surface area contributed by atoms with Gasteiger partial charge in [-0.25, -0.2) is 0 Å². The molecule has 0 saturated carbocycles. The molecule has 204 valence electrons. The van der Waals surface area contributed by atoms with Crippen LogP contribution in [0.3, 0.4) is 0 Å². The fraction of sp³-hybridized carbons (Fsp3) is 0.429. The van der Waals surface area contributed by atoms with E-state index < -0.39 is 0 Å². The number of rotatable bonds is 6. The van der Waals surface area contributed by atoms with Crippen LogP contribution in [0.25, 0.3) is 6.08 Å². The van der Waals surface area contributed by atoms with Crippen LogP contribution in [-0.4, -0.2) is 51.8 Å². The van der Waals surface area contributed by atoms with Crippen molar-refractivity contribution >= 4 is 46.1 Å². The summed E-state index contributed by atoms with van der Waals surface area (Å²) >= 11 is 6.83. The van der Waals surface area contributed by atoms with Crippen molar-refractivity contribution in [3.05, 3.63) is 55.7 Å². The van der Waals surface area contributed by atoms with Gasteiger partial charge in [0, 0.05) is 25.2 Å². The number of hydrogen-bond donors (Lipinski definition) is 0. The van der Waals surface area contributed by atoms with Gasteiger partial charge in [0.2, 0.25) is 6.79 Å². The van der Waals surface area contributed by atoms with Crippen molar-refractivity contribution in [2.75, 3.05) is 24.8 Å². The number of benzene rings is 1. The first-order valence-electron chi connectivity index (χ1n) is 12.9. The number of carbonyl (C=O) groups is 1. The van der Waals surface area contributed by atoms with E-state index in [9.17, 15) is 14.9 Å². The molecule has 1 aromatic heterocycles. The Labute approximate surface area is 236 Å². The largest absolute Gasteiger partial charge is 0.454 e. The van der Waals surface area contributed by atoms with E-state index >= 15 is 0 Å². The van der Waals surface area contributed by atoms with E-state index in [0.29, 0.717) is 70.3 Å². The molecule has 2 fully saturated rings. The van der Waals surface area contributed by atoms with Gasteiger partial charge in [0.25, 0.3) is 11.5 Å².